The van der Waals surface area contributed by atoms with Gasteiger partial charge in [0.25, 0.3) is 11.5 Å². The van der Waals surface area contributed by atoms with Crippen molar-refractivity contribution in [2.45, 2.75) is 6.36 Å². The minimum Gasteiger partial charge on any atom is -0.406 e. The predicted molar refractivity (Wildman–Crippen MR) is 79.1 cm³/mol. The third-order valence-electron chi connectivity index (χ3n) is 2.73. The van der Waals surface area contributed by atoms with Crippen molar-refractivity contribution in [3.8, 4) is 5.75 Å². The van der Waals surface area contributed by atoms with Crippen molar-refractivity contribution < 1.29 is 22.7 Å². The highest BCUT2D eigenvalue weighted by atomic mass is 32.1. The molecule has 24 heavy (non-hydrogen) atoms. The van der Waals surface area contributed by atoms with Crippen LogP contribution in [0.2, 0.25) is 0 Å². The van der Waals surface area contributed by atoms with Gasteiger partial charge in [0.1, 0.15) is 11.4 Å². The molecule has 0 saturated carbocycles. The first kappa shape index (κ1) is 15.9. The van der Waals surface area contributed by atoms with Gasteiger partial charge in [0.05, 0.1) is 10.2 Å². The second kappa shape index (κ2) is 5.92. The Morgan fingerprint density at radius 3 is 2.71 bits per heavy atom. The Hall–Kier alpha value is -2.95. The number of nitrogens with one attached hydrogen (secondary N) is 2. The van der Waals surface area contributed by atoms with Crippen LogP contribution in [0.3, 0.4) is 0 Å². The molecule has 0 aliphatic carbocycles. The zero-order chi connectivity index (χ0) is 17.3. The maximum atomic E-state index is 12.2. The number of carbonyl (C=O) groups is 1. The number of anilines is 1. The van der Waals surface area contributed by atoms with Gasteiger partial charge in [0.15, 0.2) is 5.13 Å². The molecule has 3 rings (SSSR count). The van der Waals surface area contributed by atoms with Crippen LogP contribution in [-0.2, 0) is 0 Å². The van der Waals surface area contributed by atoms with E-state index in [0.717, 1.165) is 23.5 Å². The first-order chi connectivity index (χ1) is 11.3. The Balaban J connectivity index is 1.81. The highest BCUT2D eigenvalue weighted by Crippen LogP contribution is 2.31. The number of rotatable bonds is 3. The van der Waals surface area contributed by atoms with Crippen LogP contribution in [0.1, 0.15) is 10.5 Å². The summed E-state index contributed by atoms with van der Waals surface area (Å²) in [7, 11) is 0. The van der Waals surface area contributed by atoms with Crippen LogP contribution < -0.4 is 15.6 Å². The number of ether oxygens (including phenoxy) is 1. The van der Waals surface area contributed by atoms with E-state index in [4.69, 9.17) is 0 Å². The summed E-state index contributed by atoms with van der Waals surface area (Å²) in [5.41, 5.74) is -0.0852. The molecule has 0 radical (unpaired) electrons. The Morgan fingerprint density at radius 2 is 2.04 bits per heavy atom. The summed E-state index contributed by atoms with van der Waals surface area (Å²) < 4.78 is 40.9. The van der Waals surface area contributed by atoms with Gasteiger partial charge in [0, 0.05) is 12.1 Å². The van der Waals surface area contributed by atoms with Gasteiger partial charge in [-0.05, 0) is 18.2 Å². The summed E-state index contributed by atoms with van der Waals surface area (Å²) in [5, 5.41) is 8.31. The SMILES string of the molecule is O=C(Nc1nc2ccc(OC(F)(F)F)cc2s1)c1ccc(=O)[nH]n1. The van der Waals surface area contributed by atoms with E-state index in [0.29, 0.717) is 10.2 Å². The van der Waals surface area contributed by atoms with Crippen LogP contribution in [0.15, 0.2) is 35.1 Å². The number of aromatic amines is 1. The molecule has 0 fully saturated rings. The summed E-state index contributed by atoms with van der Waals surface area (Å²) in [6, 6.07) is 6.03. The van der Waals surface area contributed by atoms with E-state index in [1.54, 1.807) is 0 Å². The number of H-pyrrole nitrogens is 1. The van der Waals surface area contributed by atoms with E-state index in [1.807, 2.05) is 0 Å². The molecule has 2 N–H and O–H groups in total. The van der Waals surface area contributed by atoms with Gasteiger partial charge in [-0.3, -0.25) is 14.9 Å². The number of thiazole rings is 1. The molecule has 3 aromatic rings. The van der Waals surface area contributed by atoms with Crippen molar-refractivity contribution in [3.05, 3.63) is 46.4 Å². The molecule has 0 atom stereocenters. The molecule has 0 saturated heterocycles. The molecule has 1 amide bonds. The van der Waals surface area contributed by atoms with Gasteiger partial charge < -0.3 is 4.74 Å². The lowest BCUT2D eigenvalue weighted by molar-refractivity contribution is -0.274. The maximum absolute atomic E-state index is 12.2. The number of nitrogens with zero attached hydrogens (tertiary/aromatic N) is 2. The summed E-state index contributed by atoms with van der Waals surface area (Å²) in [5.74, 6) is -0.990. The molecule has 7 nitrogen and oxygen atoms in total. The van der Waals surface area contributed by atoms with Crippen LogP contribution in [-0.4, -0.2) is 27.5 Å². The van der Waals surface area contributed by atoms with Gasteiger partial charge in [-0.25, -0.2) is 10.1 Å². The largest absolute Gasteiger partial charge is 0.573 e. The molecule has 0 bridgehead atoms. The molecule has 1 aromatic carbocycles. The number of alkyl halides is 3. The Morgan fingerprint density at radius 1 is 1.25 bits per heavy atom. The molecule has 11 heteroatoms. The van der Waals surface area contributed by atoms with E-state index < -0.39 is 17.8 Å². The minimum atomic E-state index is -4.79. The first-order valence-corrected chi connectivity index (χ1v) is 7.15. The summed E-state index contributed by atoms with van der Waals surface area (Å²) >= 11 is 0.973. The van der Waals surface area contributed by atoms with Gasteiger partial charge in [-0.1, -0.05) is 11.3 Å². The van der Waals surface area contributed by atoms with E-state index >= 15 is 0 Å². The van der Waals surface area contributed by atoms with Crippen molar-refractivity contribution in [1.82, 2.24) is 15.2 Å². The average Bonchev–Trinajstić information content (AvgIpc) is 2.87. The van der Waals surface area contributed by atoms with Crippen LogP contribution in [0.4, 0.5) is 18.3 Å². The Labute approximate surface area is 135 Å². The zero-order valence-electron chi connectivity index (χ0n) is 11.5. The quantitative estimate of drug-likeness (QED) is 0.752. The molecule has 0 unspecified atom stereocenters. The molecule has 124 valence electrons. The van der Waals surface area contributed by atoms with E-state index in [-0.39, 0.29) is 16.6 Å². The lowest BCUT2D eigenvalue weighted by atomic mass is 10.3. The van der Waals surface area contributed by atoms with Crippen molar-refractivity contribution in [2.75, 3.05) is 5.32 Å². The van der Waals surface area contributed by atoms with Gasteiger partial charge in [-0.2, -0.15) is 5.10 Å². The fourth-order valence-corrected chi connectivity index (χ4v) is 2.68. The van der Waals surface area contributed by atoms with Crippen LogP contribution >= 0.6 is 11.3 Å². The average molecular weight is 356 g/mol. The summed E-state index contributed by atoms with van der Waals surface area (Å²) in [4.78, 5) is 26.9. The lowest BCUT2D eigenvalue weighted by Crippen LogP contribution is -2.17. The standard InChI is InChI=1S/C13H7F3N4O3S/c14-13(15,16)23-6-1-2-7-9(5-6)24-12(17-7)18-11(22)8-3-4-10(21)20-19-8/h1-5H,(H,20,21)(H,17,18,22). The molecule has 0 aliphatic heterocycles. The van der Waals surface area contributed by atoms with Crippen molar-refractivity contribution >= 4 is 32.6 Å². The van der Waals surface area contributed by atoms with Crippen molar-refractivity contribution in [2.24, 2.45) is 0 Å². The molecule has 0 spiro atoms. The van der Waals surface area contributed by atoms with Crippen molar-refractivity contribution in [3.63, 3.8) is 0 Å². The highest BCUT2D eigenvalue weighted by Gasteiger charge is 2.31. The van der Waals surface area contributed by atoms with Gasteiger partial charge >= 0.3 is 6.36 Å². The van der Waals surface area contributed by atoms with Gasteiger partial charge in [-0.15, -0.1) is 13.2 Å². The number of hydrogen-bond acceptors (Lipinski definition) is 6. The predicted octanol–water partition coefficient (Wildman–Crippen LogP) is 2.53. The molecule has 0 aliphatic rings. The number of carbonyl (C=O) groups excluding carboxylic acids is 1. The van der Waals surface area contributed by atoms with Crippen LogP contribution in [0.25, 0.3) is 10.2 Å². The number of fused-ring (bicyclic) bond motifs is 1. The van der Waals surface area contributed by atoms with Crippen molar-refractivity contribution in [1.29, 1.82) is 0 Å². The second-order valence-electron chi connectivity index (χ2n) is 4.46. The number of amides is 1. The van der Waals surface area contributed by atoms with E-state index in [9.17, 15) is 22.8 Å². The topological polar surface area (TPSA) is 97.0 Å². The molecular weight excluding hydrogens is 349 g/mol. The minimum absolute atomic E-state index is 0.0325. The number of hydrogen-bond donors (Lipinski definition) is 2. The summed E-state index contributed by atoms with van der Waals surface area (Å²) in [6.07, 6.45) is -4.79. The lowest BCUT2D eigenvalue weighted by Gasteiger charge is -2.07. The molecular formula is C13H7F3N4O3S. The smallest absolute Gasteiger partial charge is 0.406 e. The Bertz CT molecular complexity index is 946. The summed E-state index contributed by atoms with van der Waals surface area (Å²) in [6.45, 7) is 0. The second-order valence-corrected chi connectivity index (χ2v) is 5.49. The maximum Gasteiger partial charge on any atom is 0.573 e. The number of benzene rings is 1. The van der Waals surface area contributed by atoms with E-state index in [1.165, 1.54) is 18.2 Å². The normalized spacial score (nSPS) is 11.5. The monoisotopic (exact) mass is 356 g/mol. The number of aromatic nitrogens is 3. The Kier molecular flexibility index (Phi) is 3.93. The fourth-order valence-electron chi connectivity index (χ4n) is 1.79. The van der Waals surface area contributed by atoms with E-state index in [2.05, 4.69) is 25.2 Å². The van der Waals surface area contributed by atoms with Crippen LogP contribution in [0, 0.1) is 0 Å². The highest BCUT2D eigenvalue weighted by molar-refractivity contribution is 7.22. The third kappa shape index (κ3) is 3.68. The molecule has 2 aromatic heterocycles. The van der Waals surface area contributed by atoms with Crippen LogP contribution in [0.5, 0.6) is 5.75 Å². The zero-order valence-corrected chi connectivity index (χ0v) is 12.4. The molecule has 2 heterocycles. The third-order valence-corrected chi connectivity index (χ3v) is 3.66. The number of halogens is 3. The van der Waals surface area contributed by atoms with Gasteiger partial charge in [0.2, 0.25) is 0 Å². The first-order valence-electron chi connectivity index (χ1n) is 6.33. The fraction of sp³-hybridized carbons (Fsp3) is 0.0769.